The van der Waals surface area contributed by atoms with E-state index in [1.807, 2.05) is 40.9 Å². The second kappa shape index (κ2) is 7.96. The number of rotatable bonds is 7. The van der Waals surface area contributed by atoms with Gasteiger partial charge in [-0.2, -0.15) is 0 Å². The molecule has 3 heterocycles. The monoisotopic (exact) mass is 417 g/mol. The molecule has 1 aliphatic rings. The maximum absolute atomic E-state index is 12.3. The summed E-state index contributed by atoms with van der Waals surface area (Å²) in [6.07, 6.45) is 7.35. The van der Waals surface area contributed by atoms with Gasteiger partial charge in [-0.05, 0) is 42.9 Å². The van der Waals surface area contributed by atoms with Crippen LogP contribution in [0.25, 0.3) is 5.65 Å². The average molecular weight is 417 g/mol. The van der Waals surface area contributed by atoms with Crippen molar-refractivity contribution in [3.8, 4) is 0 Å². The van der Waals surface area contributed by atoms with Gasteiger partial charge >= 0.3 is 5.97 Å². The van der Waals surface area contributed by atoms with Crippen LogP contribution in [-0.2, 0) is 17.9 Å². The normalized spacial score (nSPS) is 14.6. The summed E-state index contributed by atoms with van der Waals surface area (Å²) in [4.78, 5) is 16.9. The number of carbonyl (C=O) groups is 1. The van der Waals surface area contributed by atoms with Crippen LogP contribution in [-0.4, -0.2) is 35.5 Å². The Kier molecular flexibility index (Phi) is 4.99. The van der Waals surface area contributed by atoms with Crippen LogP contribution in [0.2, 0.25) is 0 Å². The number of pyridine rings is 1. The third kappa shape index (κ3) is 4.20. The lowest BCUT2D eigenvalue weighted by molar-refractivity contribution is 0.0465. The zero-order chi connectivity index (χ0) is 21.4. The molecule has 3 aromatic heterocycles. The van der Waals surface area contributed by atoms with Crippen molar-refractivity contribution in [2.24, 2.45) is 0 Å². The number of esters is 1. The van der Waals surface area contributed by atoms with E-state index in [9.17, 15) is 9.90 Å². The number of aliphatic hydroxyl groups excluding tert-OH is 1. The summed E-state index contributed by atoms with van der Waals surface area (Å²) in [5.41, 5.74) is 4.62. The van der Waals surface area contributed by atoms with Crippen LogP contribution in [0, 0.1) is 0 Å². The standard InChI is InChI=1S/C23H23N5O3/c1-15(29)20-9-18(17-7-8-17)10-27-11-19(24-22(20)27)12-28-13-21(25-26-28)23(30)31-14-16-5-3-2-4-6-16/h2-6,9-11,13,15,17,29H,7-8,12,14H2,1H3. The zero-order valence-electron chi connectivity index (χ0n) is 17.2. The number of aromatic nitrogens is 5. The summed E-state index contributed by atoms with van der Waals surface area (Å²) in [6, 6.07) is 11.5. The summed E-state index contributed by atoms with van der Waals surface area (Å²) in [5, 5.41) is 18.2. The summed E-state index contributed by atoms with van der Waals surface area (Å²) in [6.45, 7) is 2.30. The number of nitrogens with zero attached hydrogens (tertiary/aromatic N) is 5. The molecular weight excluding hydrogens is 394 g/mol. The lowest BCUT2D eigenvalue weighted by Crippen LogP contribution is -2.05. The number of hydrogen-bond acceptors (Lipinski definition) is 6. The van der Waals surface area contributed by atoms with Crippen molar-refractivity contribution in [2.75, 3.05) is 0 Å². The van der Waals surface area contributed by atoms with Crippen molar-refractivity contribution in [1.82, 2.24) is 24.4 Å². The average Bonchev–Trinajstić information content (AvgIpc) is 3.39. The van der Waals surface area contributed by atoms with E-state index in [-0.39, 0.29) is 12.3 Å². The van der Waals surface area contributed by atoms with Crippen LogP contribution < -0.4 is 0 Å². The molecule has 0 aliphatic heterocycles. The van der Waals surface area contributed by atoms with Crippen LogP contribution in [0.3, 0.4) is 0 Å². The SMILES string of the molecule is CC(O)c1cc(C2CC2)cn2cc(Cn3cc(C(=O)OCc4ccccc4)nn3)nc12. The molecule has 1 saturated carbocycles. The third-order valence-corrected chi connectivity index (χ3v) is 5.43. The van der Waals surface area contributed by atoms with Crippen molar-refractivity contribution in [3.63, 3.8) is 0 Å². The number of fused-ring (bicyclic) bond motifs is 1. The quantitative estimate of drug-likeness (QED) is 0.464. The van der Waals surface area contributed by atoms with E-state index in [0.29, 0.717) is 12.5 Å². The maximum Gasteiger partial charge on any atom is 0.360 e. The molecule has 1 atom stereocenters. The second-order valence-corrected chi connectivity index (χ2v) is 8.01. The molecule has 1 N–H and O–H groups in total. The first kappa shape index (κ1) is 19.4. The van der Waals surface area contributed by atoms with Gasteiger partial charge in [0.25, 0.3) is 0 Å². The van der Waals surface area contributed by atoms with Gasteiger partial charge in [0, 0.05) is 18.0 Å². The minimum atomic E-state index is -0.603. The minimum Gasteiger partial charge on any atom is -0.456 e. The van der Waals surface area contributed by atoms with Crippen LogP contribution in [0.4, 0.5) is 0 Å². The molecule has 0 spiro atoms. The lowest BCUT2D eigenvalue weighted by Gasteiger charge is -2.09. The highest BCUT2D eigenvalue weighted by molar-refractivity contribution is 5.86. The summed E-state index contributed by atoms with van der Waals surface area (Å²) < 4.78 is 8.84. The highest BCUT2D eigenvalue weighted by Crippen LogP contribution is 2.41. The molecular formula is C23H23N5O3. The number of hydrogen-bond donors (Lipinski definition) is 1. The third-order valence-electron chi connectivity index (χ3n) is 5.43. The van der Waals surface area contributed by atoms with Crippen molar-refractivity contribution in [1.29, 1.82) is 0 Å². The minimum absolute atomic E-state index is 0.153. The van der Waals surface area contributed by atoms with E-state index in [2.05, 4.69) is 27.6 Å². The molecule has 158 valence electrons. The predicted molar refractivity (Wildman–Crippen MR) is 112 cm³/mol. The van der Waals surface area contributed by atoms with E-state index < -0.39 is 12.1 Å². The molecule has 0 radical (unpaired) electrons. The Labute approximate surface area is 179 Å². The summed E-state index contributed by atoms with van der Waals surface area (Å²) in [5.74, 6) is 0.0584. The van der Waals surface area contributed by atoms with Crippen LogP contribution >= 0.6 is 0 Å². The molecule has 0 bridgehead atoms. The number of benzene rings is 1. The van der Waals surface area contributed by atoms with Crippen molar-refractivity contribution in [2.45, 2.75) is 44.9 Å². The molecule has 5 rings (SSSR count). The number of ether oxygens (including phenoxy) is 1. The number of aliphatic hydroxyl groups is 1. The van der Waals surface area contributed by atoms with Crippen molar-refractivity contribution < 1.29 is 14.6 Å². The zero-order valence-corrected chi connectivity index (χ0v) is 17.2. The van der Waals surface area contributed by atoms with Crippen LogP contribution in [0.5, 0.6) is 0 Å². The molecule has 0 amide bonds. The predicted octanol–water partition coefficient (Wildman–Crippen LogP) is 3.26. The van der Waals surface area contributed by atoms with Gasteiger partial charge in [0.1, 0.15) is 12.3 Å². The van der Waals surface area contributed by atoms with Gasteiger partial charge in [-0.1, -0.05) is 35.5 Å². The van der Waals surface area contributed by atoms with Crippen LogP contribution in [0.15, 0.2) is 55.0 Å². The Balaban J connectivity index is 1.31. The number of carbonyl (C=O) groups excluding carboxylic acids is 1. The second-order valence-electron chi connectivity index (χ2n) is 8.01. The maximum atomic E-state index is 12.3. The first-order chi connectivity index (χ1) is 15.1. The fourth-order valence-corrected chi connectivity index (χ4v) is 3.65. The molecule has 31 heavy (non-hydrogen) atoms. The Hall–Kier alpha value is -3.52. The molecule has 1 unspecified atom stereocenters. The van der Waals surface area contributed by atoms with Gasteiger partial charge in [0.2, 0.25) is 0 Å². The number of imidazole rings is 1. The van der Waals surface area contributed by atoms with E-state index >= 15 is 0 Å². The van der Waals surface area contributed by atoms with E-state index in [1.165, 1.54) is 18.4 Å². The fraction of sp³-hybridized carbons (Fsp3) is 0.304. The highest BCUT2D eigenvalue weighted by atomic mass is 16.5. The molecule has 1 aromatic carbocycles. The first-order valence-electron chi connectivity index (χ1n) is 10.4. The van der Waals surface area contributed by atoms with Crippen molar-refractivity contribution in [3.05, 3.63) is 83.1 Å². The van der Waals surface area contributed by atoms with Gasteiger partial charge in [-0.3, -0.25) is 0 Å². The molecule has 8 heteroatoms. The Morgan fingerprint density at radius 1 is 1.23 bits per heavy atom. The Bertz CT molecular complexity index is 1220. The van der Waals surface area contributed by atoms with E-state index in [1.54, 1.807) is 17.8 Å². The van der Waals surface area contributed by atoms with Gasteiger partial charge in [-0.25, -0.2) is 14.5 Å². The lowest BCUT2D eigenvalue weighted by atomic mass is 10.1. The largest absolute Gasteiger partial charge is 0.456 e. The molecule has 0 saturated heterocycles. The summed E-state index contributed by atoms with van der Waals surface area (Å²) in [7, 11) is 0. The van der Waals surface area contributed by atoms with Gasteiger partial charge in [-0.15, -0.1) is 5.10 Å². The first-order valence-corrected chi connectivity index (χ1v) is 10.4. The van der Waals surface area contributed by atoms with E-state index in [0.717, 1.165) is 22.5 Å². The molecule has 4 aromatic rings. The van der Waals surface area contributed by atoms with Crippen molar-refractivity contribution >= 4 is 11.6 Å². The topological polar surface area (TPSA) is 94.5 Å². The summed E-state index contributed by atoms with van der Waals surface area (Å²) >= 11 is 0. The van der Waals surface area contributed by atoms with Gasteiger partial charge < -0.3 is 14.2 Å². The Morgan fingerprint density at radius 3 is 2.77 bits per heavy atom. The highest BCUT2D eigenvalue weighted by Gasteiger charge is 2.26. The molecule has 8 nitrogen and oxygen atoms in total. The van der Waals surface area contributed by atoms with Crippen LogP contribution in [0.1, 0.15) is 64.7 Å². The molecule has 1 fully saturated rings. The van der Waals surface area contributed by atoms with Gasteiger partial charge in [0.05, 0.1) is 24.5 Å². The fourth-order valence-electron chi connectivity index (χ4n) is 3.65. The molecule has 1 aliphatic carbocycles. The van der Waals surface area contributed by atoms with Gasteiger partial charge in [0.15, 0.2) is 5.69 Å². The smallest absolute Gasteiger partial charge is 0.360 e. The van der Waals surface area contributed by atoms with E-state index in [4.69, 9.17) is 4.74 Å². The Morgan fingerprint density at radius 2 is 2.03 bits per heavy atom.